The second-order valence-corrected chi connectivity index (χ2v) is 8.41. The van der Waals surface area contributed by atoms with E-state index in [1.54, 1.807) is 61.9 Å². The minimum Gasteiger partial charge on any atom is -0.398 e. The number of primary amides is 1. The summed E-state index contributed by atoms with van der Waals surface area (Å²) in [5, 5.41) is 10.7. The van der Waals surface area contributed by atoms with Crippen molar-refractivity contribution < 1.29 is 14.0 Å². The maximum Gasteiger partial charge on any atom is 0.248 e. The number of nitrogens with zero attached hydrogens (tertiary/aromatic N) is 2. The van der Waals surface area contributed by atoms with Gasteiger partial charge < -0.3 is 16.8 Å². The van der Waals surface area contributed by atoms with Crippen molar-refractivity contribution >= 4 is 23.2 Å². The third-order valence-corrected chi connectivity index (χ3v) is 6.03. The van der Waals surface area contributed by atoms with Crippen LogP contribution in [-0.4, -0.2) is 47.5 Å². The van der Waals surface area contributed by atoms with Crippen LogP contribution in [0, 0.1) is 11.2 Å². The Balaban J connectivity index is 0.000000201. The van der Waals surface area contributed by atoms with E-state index in [0.717, 1.165) is 25.9 Å². The van der Waals surface area contributed by atoms with Crippen molar-refractivity contribution in [2.24, 2.45) is 5.73 Å². The van der Waals surface area contributed by atoms with Crippen LogP contribution in [-0.2, 0) is 4.79 Å². The van der Waals surface area contributed by atoms with Gasteiger partial charge in [-0.3, -0.25) is 24.9 Å². The molecule has 3 aromatic rings. The number of piperidine rings is 1. The molecule has 0 saturated carbocycles. The maximum atomic E-state index is 13.9. The molecular formula is C27H31FN6O2. The molecule has 188 valence electrons. The highest BCUT2D eigenvalue weighted by molar-refractivity contribution is 6.14. The average Bonchev–Trinajstić information content (AvgIpc) is 2.91. The Labute approximate surface area is 210 Å². The quantitative estimate of drug-likeness (QED) is 0.310. The summed E-state index contributed by atoms with van der Waals surface area (Å²) in [4.78, 5) is 29.1. The zero-order valence-electron chi connectivity index (χ0n) is 20.2. The molecule has 1 fully saturated rings. The number of halogens is 1. The number of pyridine rings is 1. The Morgan fingerprint density at radius 2 is 1.69 bits per heavy atom. The van der Waals surface area contributed by atoms with Crippen molar-refractivity contribution in [3.8, 4) is 0 Å². The lowest BCUT2D eigenvalue weighted by molar-refractivity contribution is -0.126. The molecule has 2 heterocycles. The van der Waals surface area contributed by atoms with Crippen molar-refractivity contribution in [1.29, 1.82) is 5.41 Å². The number of rotatable bonds is 6. The molecule has 1 aliphatic rings. The van der Waals surface area contributed by atoms with Crippen LogP contribution in [0.25, 0.3) is 0 Å². The second kappa shape index (κ2) is 12.6. The van der Waals surface area contributed by atoms with Gasteiger partial charge in [-0.2, -0.15) is 0 Å². The fourth-order valence-corrected chi connectivity index (χ4v) is 4.11. The van der Waals surface area contributed by atoms with Crippen molar-refractivity contribution in [2.75, 3.05) is 25.9 Å². The number of hydrogen-bond donors (Lipinski definition) is 4. The molecule has 36 heavy (non-hydrogen) atoms. The number of likely N-dealkylation sites (N-methyl/N-ethyl adjacent to an activating group) is 1. The number of aromatic nitrogens is 1. The van der Waals surface area contributed by atoms with Crippen LogP contribution in [0.3, 0.4) is 0 Å². The molecule has 1 aromatic heterocycles. The van der Waals surface area contributed by atoms with E-state index in [1.165, 1.54) is 18.6 Å². The van der Waals surface area contributed by atoms with Gasteiger partial charge in [0.05, 0.1) is 5.71 Å². The molecular weight excluding hydrogens is 459 g/mol. The third kappa shape index (κ3) is 6.51. The Bertz CT molecular complexity index is 1210. The number of likely N-dealkylation sites (tertiary alicyclic amines) is 1. The molecule has 4 rings (SSSR count). The van der Waals surface area contributed by atoms with Gasteiger partial charge in [0.15, 0.2) is 0 Å². The average molecular weight is 491 g/mol. The van der Waals surface area contributed by atoms with Gasteiger partial charge in [0.2, 0.25) is 11.8 Å². The number of nitrogens with one attached hydrogen (secondary N) is 2. The van der Waals surface area contributed by atoms with E-state index in [1.807, 2.05) is 0 Å². The summed E-state index contributed by atoms with van der Waals surface area (Å²) in [6, 6.07) is 14.1. The van der Waals surface area contributed by atoms with Crippen LogP contribution in [0.5, 0.6) is 0 Å². The van der Waals surface area contributed by atoms with Crippen molar-refractivity contribution in [3.63, 3.8) is 0 Å². The van der Waals surface area contributed by atoms with E-state index in [0.29, 0.717) is 27.9 Å². The summed E-state index contributed by atoms with van der Waals surface area (Å²) < 4.78 is 13.9. The lowest BCUT2D eigenvalue weighted by atomic mass is 9.99. The Morgan fingerprint density at radius 1 is 1.03 bits per heavy atom. The highest BCUT2D eigenvalue weighted by atomic mass is 19.1. The van der Waals surface area contributed by atoms with Crippen LogP contribution in [0.1, 0.15) is 52.4 Å². The van der Waals surface area contributed by atoms with E-state index in [-0.39, 0.29) is 17.4 Å². The summed E-state index contributed by atoms with van der Waals surface area (Å²) in [5.74, 6) is -0.988. The van der Waals surface area contributed by atoms with Gasteiger partial charge in [-0.1, -0.05) is 24.6 Å². The highest BCUT2D eigenvalue weighted by Crippen LogP contribution is 2.26. The number of hydrogen-bond acceptors (Lipinski definition) is 6. The lowest BCUT2D eigenvalue weighted by Crippen LogP contribution is -2.42. The molecule has 9 heteroatoms. The Hall–Kier alpha value is -4.11. The van der Waals surface area contributed by atoms with E-state index in [4.69, 9.17) is 16.9 Å². The second-order valence-electron chi connectivity index (χ2n) is 8.41. The maximum absolute atomic E-state index is 13.9. The number of carbonyl (C=O) groups excluding carboxylic acids is 2. The molecule has 2 aromatic carbocycles. The smallest absolute Gasteiger partial charge is 0.248 e. The topological polar surface area (TPSA) is 138 Å². The normalized spacial score (nSPS) is 14.2. The Kier molecular flexibility index (Phi) is 9.24. The standard InChI is InChI=1S/C14H19FN2O.C13H12N4O/c1-16-14(18)13(17-9-5-2-6-10-17)11-7-3-4-8-12(11)15;14-11-2-1-9(13(16)18)7-10(11)12(15)8-3-5-17-6-4-8/h3-4,7-8,13H,2,5-6,9-10H2,1H3,(H,16,18);1-7,15H,14H2,(H2,16,18). The molecule has 1 saturated heterocycles. The first kappa shape index (κ1) is 26.5. The number of carbonyl (C=O) groups is 2. The molecule has 0 bridgehead atoms. The zero-order valence-corrected chi connectivity index (χ0v) is 20.2. The molecule has 0 radical (unpaired) electrons. The van der Waals surface area contributed by atoms with Gasteiger partial charge in [-0.25, -0.2) is 4.39 Å². The van der Waals surface area contributed by atoms with E-state index in [2.05, 4.69) is 15.2 Å². The first-order valence-corrected chi connectivity index (χ1v) is 11.7. The predicted molar refractivity (Wildman–Crippen MR) is 138 cm³/mol. The van der Waals surface area contributed by atoms with Crippen molar-refractivity contribution in [1.82, 2.24) is 15.2 Å². The summed E-state index contributed by atoms with van der Waals surface area (Å²) in [5.41, 5.74) is 13.7. The first-order valence-electron chi connectivity index (χ1n) is 11.7. The van der Waals surface area contributed by atoms with Crippen LogP contribution in [0.2, 0.25) is 0 Å². The van der Waals surface area contributed by atoms with Crippen LogP contribution < -0.4 is 16.8 Å². The van der Waals surface area contributed by atoms with E-state index < -0.39 is 11.9 Å². The summed E-state index contributed by atoms with van der Waals surface area (Å²) >= 11 is 0. The van der Waals surface area contributed by atoms with Gasteiger partial charge in [0.25, 0.3) is 0 Å². The Morgan fingerprint density at radius 3 is 2.31 bits per heavy atom. The molecule has 8 nitrogen and oxygen atoms in total. The largest absolute Gasteiger partial charge is 0.398 e. The molecule has 6 N–H and O–H groups in total. The first-order chi connectivity index (χ1) is 17.3. The van der Waals surface area contributed by atoms with Gasteiger partial charge >= 0.3 is 0 Å². The summed E-state index contributed by atoms with van der Waals surface area (Å²) in [7, 11) is 1.60. The zero-order chi connectivity index (χ0) is 26.1. The summed E-state index contributed by atoms with van der Waals surface area (Å²) in [6.45, 7) is 1.71. The lowest BCUT2D eigenvalue weighted by Gasteiger charge is -2.33. The van der Waals surface area contributed by atoms with Crippen LogP contribution >= 0.6 is 0 Å². The predicted octanol–water partition coefficient (Wildman–Crippen LogP) is 3.28. The summed E-state index contributed by atoms with van der Waals surface area (Å²) in [6.07, 6.45) is 6.52. The van der Waals surface area contributed by atoms with Crippen LogP contribution in [0.15, 0.2) is 67.0 Å². The fourth-order valence-electron chi connectivity index (χ4n) is 4.11. The molecule has 1 aliphatic heterocycles. The minimum atomic E-state index is -0.543. The fraction of sp³-hybridized carbons (Fsp3) is 0.259. The number of anilines is 1. The molecule has 0 spiro atoms. The molecule has 2 amide bonds. The van der Waals surface area contributed by atoms with Gasteiger partial charge in [0, 0.05) is 47.4 Å². The van der Waals surface area contributed by atoms with Gasteiger partial charge in [-0.15, -0.1) is 0 Å². The van der Waals surface area contributed by atoms with E-state index in [9.17, 15) is 14.0 Å². The minimum absolute atomic E-state index is 0.137. The number of nitrogen functional groups attached to an aromatic ring is 1. The molecule has 1 unspecified atom stereocenters. The van der Waals surface area contributed by atoms with Crippen LogP contribution in [0.4, 0.5) is 10.1 Å². The van der Waals surface area contributed by atoms with Gasteiger partial charge in [-0.05, 0) is 62.3 Å². The van der Waals surface area contributed by atoms with Gasteiger partial charge in [0.1, 0.15) is 11.9 Å². The number of amides is 2. The number of benzene rings is 2. The SMILES string of the molecule is CNC(=O)C(c1ccccc1F)N1CCCCC1.N=C(c1ccncc1)c1cc(C(N)=O)ccc1N. The molecule has 0 aliphatic carbocycles. The number of nitrogens with two attached hydrogens (primary N) is 2. The van der Waals surface area contributed by atoms with Crippen molar-refractivity contribution in [2.45, 2.75) is 25.3 Å². The third-order valence-electron chi connectivity index (χ3n) is 6.03. The molecule has 1 atom stereocenters. The highest BCUT2D eigenvalue weighted by Gasteiger charge is 2.29. The van der Waals surface area contributed by atoms with E-state index >= 15 is 0 Å². The monoisotopic (exact) mass is 490 g/mol. The van der Waals surface area contributed by atoms with Crippen molar-refractivity contribution in [3.05, 3.63) is 95.1 Å².